The first-order chi connectivity index (χ1) is 11.2. The van der Waals surface area contributed by atoms with Gasteiger partial charge in [0.25, 0.3) is 0 Å². The number of pyridine rings is 1. The predicted octanol–water partition coefficient (Wildman–Crippen LogP) is 5.31. The van der Waals surface area contributed by atoms with Crippen molar-refractivity contribution in [2.24, 2.45) is 0 Å². The number of nitrogen functional groups attached to an aromatic ring is 1. The predicted molar refractivity (Wildman–Crippen MR) is 95.9 cm³/mol. The summed E-state index contributed by atoms with van der Waals surface area (Å²) in [5.74, 6) is 1.73. The summed E-state index contributed by atoms with van der Waals surface area (Å²) in [4.78, 5) is 5.28. The maximum Gasteiger partial charge on any atom is 0.170 e. The molecule has 1 heterocycles. The van der Waals surface area contributed by atoms with Crippen LogP contribution in [0.5, 0.6) is 11.5 Å². The van der Waals surface area contributed by atoms with Gasteiger partial charge in [-0.1, -0.05) is 48.5 Å². The Kier molecular flexibility index (Phi) is 4.83. The van der Waals surface area contributed by atoms with E-state index >= 15 is 0 Å². The summed E-state index contributed by atoms with van der Waals surface area (Å²) >= 11 is 1.73. The molecule has 0 saturated heterocycles. The number of nitrogens with zero attached hydrogens (tertiary/aromatic N) is 1. The first-order valence-electron chi connectivity index (χ1n) is 7.42. The van der Waals surface area contributed by atoms with Crippen LogP contribution in [0.15, 0.2) is 77.8 Å². The fourth-order valence-corrected chi connectivity index (χ4v) is 3.19. The molecule has 1 aromatic heterocycles. The zero-order valence-corrected chi connectivity index (χ0v) is 13.7. The lowest BCUT2D eigenvalue weighted by Crippen LogP contribution is -1.96. The Morgan fingerprint density at radius 3 is 2.35 bits per heavy atom. The van der Waals surface area contributed by atoms with E-state index in [1.165, 1.54) is 5.56 Å². The van der Waals surface area contributed by atoms with Gasteiger partial charge in [0.05, 0.1) is 0 Å². The molecule has 116 valence electrons. The summed E-state index contributed by atoms with van der Waals surface area (Å²) in [5.41, 5.74) is 7.21. The van der Waals surface area contributed by atoms with Crippen molar-refractivity contribution in [1.82, 2.24) is 4.98 Å². The Morgan fingerprint density at radius 2 is 1.65 bits per heavy atom. The third-order valence-corrected chi connectivity index (χ3v) is 4.53. The Labute approximate surface area is 140 Å². The number of benzene rings is 2. The lowest BCUT2D eigenvalue weighted by molar-refractivity contribution is 0.481. The van der Waals surface area contributed by atoms with Gasteiger partial charge >= 0.3 is 0 Å². The van der Waals surface area contributed by atoms with Crippen molar-refractivity contribution >= 4 is 17.6 Å². The smallest absolute Gasteiger partial charge is 0.170 e. The second-order valence-electron chi connectivity index (χ2n) is 5.14. The second-order valence-corrected chi connectivity index (χ2v) is 6.55. The zero-order chi connectivity index (χ0) is 16.1. The van der Waals surface area contributed by atoms with Crippen molar-refractivity contribution in [2.75, 3.05) is 5.73 Å². The molecule has 4 heteroatoms. The largest absolute Gasteiger partial charge is 0.453 e. The highest BCUT2D eigenvalue weighted by atomic mass is 32.2. The highest BCUT2D eigenvalue weighted by molar-refractivity contribution is 7.99. The number of ether oxygens (including phenoxy) is 1. The van der Waals surface area contributed by atoms with E-state index in [-0.39, 0.29) is 0 Å². The van der Waals surface area contributed by atoms with E-state index in [1.807, 2.05) is 42.5 Å². The molecule has 0 bridgehead atoms. The van der Waals surface area contributed by atoms with Gasteiger partial charge in [-0.25, -0.2) is 4.98 Å². The molecule has 2 aromatic carbocycles. The average Bonchev–Trinajstić information content (AvgIpc) is 2.59. The number of aromatic nitrogens is 1. The van der Waals surface area contributed by atoms with Gasteiger partial charge in [-0.05, 0) is 30.7 Å². The number of thioether (sulfide) groups is 1. The highest BCUT2D eigenvalue weighted by Gasteiger charge is 2.10. The molecule has 2 N–H and O–H groups in total. The number of para-hydroxylation sites is 1. The van der Waals surface area contributed by atoms with Gasteiger partial charge in [-0.2, -0.15) is 0 Å². The fraction of sp³-hybridized carbons (Fsp3) is 0.105. The van der Waals surface area contributed by atoms with Gasteiger partial charge in [-0.15, -0.1) is 11.8 Å². The summed E-state index contributed by atoms with van der Waals surface area (Å²) in [5, 5.41) is 0.325. The molecule has 0 aliphatic rings. The minimum absolute atomic E-state index is 0.325. The standard InChI is InChI=1S/C19H18N2OS/c1-14(15-8-4-2-5-9-15)23-17-12-18(19(20)21-13-17)22-16-10-6-3-7-11-16/h2-14H,1H3,(H2,20,21). The van der Waals surface area contributed by atoms with Crippen LogP contribution >= 0.6 is 11.8 Å². The lowest BCUT2D eigenvalue weighted by atomic mass is 10.2. The molecule has 0 saturated carbocycles. The van der Waals surface area contributed by atoms with Crippen LogP contribution in [-0.2, 0) is 0 Å². The Bertz CT molecular complexity index is 763. The zero-order valence-electron chi connectivity index (χ0n) is 12.8. The molecule has 1 unspecified atom stereocenters. The minimum atomic E-state index is 0.325. The first kappa shape index (κ1) is 15.4. The monoisotopic (exact) mass is 322 g/mol. The Morgan fingerprint density at radius 1 is 1.00 bits per heavy atom. The summed E-state index contributed by atoms with van der Waals surface area (Å²) in [7, 11) is 0. The Hall–Kier alpha value is -2.46. The number of anilines is 1. The first-order valence-corrected chi connectivity index (χ1v) is 8.30. The molecule has 0 radical (unpaired) electrons. The van der Waals surface area contributed by atoms with Gasteiger partial charge in [0.15, 0.2) is 11.6 Å². The van der Waals surface area contributed by atoms with Gasteiger partial charge in [0.2, 0.25) is 0 Å². The molecule has 23 heavy (non-hydrogen) atoms. The van der Waals surface area contributed by atoms with Crippen molar-refractivity contribution in [2.45, 2.75) is 17.1 Å². The molecule has 0 aliphatic carbocycles. The van der Waals surface area contributed by atoms with Crippen LogP contribution in [0.4, 0.5) is 5.82 Å². The third kappa shape index (κ3) is 4.05. The van der Waals surface area contributed by atoms with Gasteiger partial charge in [-0.3, -0.25) is 0 Å². The van der Waals surface area contributed by atoms with Crippen molar-refractivity contribution in [1.29, 1.82) is 0 Å². The average molecular weight is 322 g/mol. The molecular weight excluding hydrogens is 304 g/mol. The molecule has 3 nitrogen and oxygen atoms in total. The van der Waals surface area contributed by atoms with Crippen LogP contribution in [0.1, 0.15) is 17.7 Å². The van der Waals surface area contributed by atoms with E-state index in [9.17, 15) is 0 Å². The normalized spacial score (nSPS) is 11.9. The number of nitrogens with two attached hydrogens (primary N) is 1. The highest BCUT2D eigenvalue weighted by Crippen LogP contribution is 2.37. The van der Waals surface area contributed by atoms with Crippen molar-refractivity contribution in [3.63, 3.8) is 0 Å². The number of hydrogen-bond donors (Lipinski definition) is 1. The van der Waals surface area contributed by atoms with Crippen molar-refractivity contribution in [3.05, 3.63) is 78.5 Å². The second kappa shape index (κ2) is 7.20. The molecule has 1 atom stereocenters. The fourth-order valence-electron chi connectivity index (χ4n) is 2.20. The molecule has 3 aromatic rings. The SMILES string of the molecule is CC(Sc1cnc(N)c(Oc2ccccc2)c1)c1ccccc1. The molecule has 0 spiro atoms. The van der Waals surface area contributed by atoms with Gasteiger partial charge in [0, 0.05) is 16.3 Å². The Balaban J connectivity index is 1.77. The van der Waals surface area contributed by atoms with E-state index in [4.69, 9.17) is 10.5 Å². The summed E-state index contributed by atoms with van der Waals surface area (Å²) < 4.78 is 5.84. The van der Waals surface area contributed by atoms with Crippen LogP contribution in [0.25, 0.3) is 0 Å². The van der Waals surface area contributed by atoms with Crippen LogP contribution in [0.3, 0.4) is 0 Å². The molecule has 0 amide bonds. The van der Waals surface area contributed by atoms with Crippen molar-refractivity contribution < 1.29 is 4.74 Å². The van der Waals surface area contributed by atoms with E-state index in [0.29, 0.717) is 16.8 Å². The number of hydrogen-bond acceptors (Lipinski definition) is 4. The third-order valence-electron chi connectivity index (χ3n) is 3.41. The molecule has 0 aliphatic heterocycles. The molecule has 0 fully saturated rings. The maximum atomic E-state index is 5.93. The molecule has 3 rings (SSSR count). The summed E-state index contributed by atoms with van der Waals surface area (Å²) in [6, 6.07) is 21.9. The maximum absolute atomic E-state index is 5.93. The topological polar surface area (TPSA) is 48.1 Å². The van der Waals surface area contributed by atoms with E-state index < -0.39 is 0 Å². The molecular formula is C19H18N2OS. The van der Waals surface area contributed by atoms with E-state index in [0.717, 1.165) is 10.6 Å². The van der Waals surface area contributed by atoms with Crippen LogP contribution in [0.2, 0.25) is 0 Å². The van der Waals surface area contributed by atoms with Gasteiger partial charge < -0.3 is 10.5 Å². The lowest BCUT2D eigenvalue weighted by Gasteiger charge is -2.13. The summed E-state index contributed by atoms with van der Waals surface area (Å²) in [6.45, 7) is 2.17. The minimum Gasteiger partial charge on any atom is -0.453 e. The van der Waals surface area contributed by atoms with Crippen LogP contribution in [0, 0.1) is 0 Å². The quantitative estimate of drug-likeness (QED) is 0.647. The van der Waals surface area contributed by atoms with Crippen molar-refractivity contribution in [3.8, 4) is 11.5 Å². The van der Waals surface area contributed by atoms with E-state index in [1.54, 1.807) is 18.0 Å². The van der Waals surface area contributed by atoms with Crippen LogP contribution in [-0.4, -0.2) is 4.98 Å². The number of rotatable bonds is 5. The van der Waals surface area contributed by atoms with Gasteiger partial charge in [0.1, 0.15) is 5.75 Å². The van der Waals surface area contributed by atoms with E-state index in [2.05, 4.69) is 36.2 Å². The van der Waals surface area contributed by atoms with Crippen LogP contribution < -0.4 is 10.5 Å². The summed E-state index contributed by atoms with van der Waals surface area (Å²) in [6.07, 6.45) is 1.79.